The van der Waals surface area contributed by atoms with E-state index in [4.69, 9.17) is 9.47 Å². The quantitative estimate of drug-likeness (QED) is 0.409. The van der Waals surface area contributed by atoms with Crippen LogP contribution in [0.15, 0.2) is 0 Å². The Kier molecular flexibility index (Phi) is 6.26. The number of morpholine rings is 1. The average molecular weight is 526 g/mol. The number of hydrogen-bond acceptors (Lipinski definition) is 4. The highest BCUT2D eigenvalue weighted by Gasteiger charge is 2.71. The Bertz CT molecular complexity index is 955. The molecule has 10 atom stereocenters. The van der Waals surface area contributed by atoms with Crippen LogP contribution in [0.2, 0.25) is 0 Å². The molecule has 10 unspecified atom stereocenters. The van der Waals surface area contributed by atoms with E-state index in [1.807, 2.05) is 0 Å². The van der Waals surface area contributed by atoms with Crippen molar-refractivity contribution >= 4 is 11.9 Å². The van der Waals surface area contributed by atoms with Crippen molar-refractivity contribution in [2.75, 3.05) is 26.3 Å². The van der Waals surface area contributed by atoms with Gasteiger partial charge in [-0.05, 0) is 136 Å². The fourth-order valence-corrected chi connectivity index (χ4v) is 12.0. The molecule has 0 radical (unpaired) electrons. The highest BCUT2D eigenvalue weighted by atomic mass is 16.5. The predicted molar refractivity (Wildman–Crippen MR) is 146 cm³/mol. The molecule has 6 aliphatic carbocycles. The number of esters is 1. The fraction of sp³-hybridized carbons (Fsp3) is 0.939. The highest BCUT2D eigenvalue weighted by molar-refractivity contribution is 5.84. The van der Waals surface area contributed by atoms with Gasteiger partial charge in [-0.15, -0.1) is 0 Å². The SMILES string of the molecule is CC(=O)OC1CCC2C(CCC3C2CCC2C3CCC3(C(=O)N4CCOCC4)CCC(C)(C4(C)CC4)C23)C1. The predicted octanol–water partition coefficient (Wildman–Crippen LogP) is 6.24. The standard InChI is InChI=1S/C33H51NO4/c1-21(35)38-23-5-7-24-22(20-23)4-6-26-25(24)8-9-28-27(26)10-11-33(30(36)34-16-18-37-19-17-34)15-14-32(3,29(28)33)31(2)12-13-31/h22-29H,4-20H2,1-3H3. The molecule has 1 heterocycles. The van der Waals surface area contributed by atoms with Crippen molar-refractivity contribution in [3.63, 3.8) is 0 Å². The summed E-state index contributed by atoms with van der Waals surface area (Å²) in [5.41, 5.74) is 0.631. The molecule has 0 aromatic rings. The topological polar surface area (TPSA) is 55.8 Å². The molecule has 6 saturated carbocycles. The third kappa shape index (κ3) is 3.79. The first-order valence-corrected chi connectivity index (χ1v) is 16.3. The lowest BCUT2D eigenvalue weighted by Crippen LogP contribution is -2.59. The molecule has 38 heavy (non-hydrogen) atoms. The second-order valence-corrected chi connectivity index (χ2v) is 15.3. The molecular weight excluding hydrogens is 474 g/mol. The zero-order valence-electron chi connectivity index (χ0n) is 24.2. The van der Waals surface area contributed by atoms with Crippen LogP contribution in [0.3, 0.4) is 0 Å². The molecule has 1 saturated heterocycles. The number of ether oxygens (including phenoxy) is 2. The number of hydrogen-bond donors (Lipinski definition) is 0. The van der Waals surface area contributed by atoms with Crippen molar-refractivity contribution in [2.45, 2.75) is 110 Å². The Morgan fingerprint density at radius 2 is 1.42 bits per heavy atom. The van der Waals surface area contributed by atoms with Crippen molar-refractivity contribution < 1.29 is 19.1 Å². The molecule has 1 aliphatic heterocycles. The van der Waals surface area contributed by atoms with Gasteiger partial charge < -0.3 is 14.4 Å². The molecule has 5 heteroatoms. The van der Waals surface area contributed by atoms with Crippen LogP contribution in [0.1, 0.15) is 104 Å². The Hall–Kier alpha value is -1.10. The first kappa shape index (κ1) is 25.8. The maximum absolute atomic E-state index is 14.5. The second kappa shape index (κ2) is 9.21. The van der Waals surface area contributed by atoms with Gasteiger partial charge >= 0.3 is 5.97 Å². The Balaban J connectivity index is 1.16. The summed E-state index contributed by atoms with van der Waals surface area (Å²) < 4.78 is 11.3. The molecular formula is C33H51NO4. The van der Waals surface area contributed by atoms with Crippen molar-refractivity contribution in [1.82, 2.24) is 4.90 Å². The Labute approximate surface area is 230 Å². The van der Waals surface area contributed by atoms with Crippen LogP contribution in [0.5, 0.6) is 0 Å². The molecule has 0 spiro atoms. The molecule has 7 aliphatic rings. The van der Waals surface area contributed by atoms with Crippen LogP contribution in [0.4, 0.5) is 0 Å². The normalized spacial score (nSPS) is 49.2. The van der Waals surface area contributed by atoms with Gasteiger partial charge in [-0.1, -0.05) is 13.8 Å². The van der Waals surface area contributed by atoms with Gasteiger partial charge in [0, 0.05) is 20.0 Å². The maximum Gasteiger partial charge on any atom is 0.302 e. The molecule has 1 amide bonds. The van der Waals surface area contributed by atoms with E-state index >= 15 is 0 Å². The molecule has 212 valence electrons. The number of rotatable bonds is 3. The third-order valence-electron chi connectivity index (χ3n) is 14.1. The molecule has 0 bridgehead atoms. The monoisotopic (exact) mass is 525 g/mol. The molecule has 0 N–H and O–H groups in total. The minimum atomic E-state index is -0.120. The van der Waals surface area contributed by atoms with E-state index in [9.17, 15) is 9.59 Å². The summed E-state index contributed by atoms with van der Waals surface area (Å²) in [6.45, 7) is 9.74. The van der Waals surface area contributed by atoms with Crippen LogP contribution in [-0.2, 0) is 19.1 Å². The van der Waals surface area contributed by atoms with Gasteiger partial charge in [0.2, 0.25) is 5.91 Å². The van der Waals surface area contributed by atoms with E-state index in [-0.39, 0.29) is 17.5 Å². The summed E-state index contributed by atoms with van der Waals surface area (Å²) in [6, 6.07) is 0. The van der Waals surface area contributed by atoms with Gasteiger partial charge in [0.15, 0.2) is 0 Å². The van der Waals surface area contributed by atoms with Gasteiger partial charge in [0.1, 0.15) is 6.10 Å². The minimum absolute atomic E-state index is 0.107. The number of carbonyl (C=O) groups is 2. The number of amides is 1. The molecule has 7 fully saturated rings. The lowest BCUT2D eigenvalue weighted by atomic mass is 9.44. The van der Waals surface area contributed by atoms with E-state index in [1.165, 1.54) is 57.8 Å². The Morgan fingerprint density at radius 1 is 0.763 bits per heavy atom. The fourth-order valence-electron chi connectivity index (χ4n) is 12.0. The highest BCUT2D eigenvalue weighted by Crippen LogP contribution is 2.76. The van der Waals surface area contributed by atoms with Gasteiger partial charge in [-0.25, -0.2) is 0 Å². The third-order valence-corrected chi connectivity index (χ3v) is 14.1. The lowest BCUT2D eigenvalue weighted by molar-refractivity contribution is -0.169. The summed E-state index contributed by atoms with van der Waals surface area (Å²) in [6.07, 6.45) is 16.5. The van der Waals surface area contributed by atoms with Gasteiger partial charge in [-0.2, -0.15) is 0 Å². The summed E-state index contributed by atoms with van der Waals surface area (Å²) in [4.78, 5) is 28.3. The van der Waals surface area contributed by atoms with Gasteiger partial charge in [-0.3, -0.25) is 9.59 Å². The minimum Gasteiger partial charge on any atom is -0.463 e. The van der Waals surface area contributed by atoms with Gasteiger partial charge in [0.25, 0.3) is 0 Å². The summed E-state index contributed by atoms with van der Waals surface area (Å²) in [7, 11) is 0. The maximum atomic E-state index is 14.5. The number of fused-ring (bicyclic) bond motifs is 7. The largest absolute Gasteiger partial charge is 0.463 e. The first-order chi connectivity index (χ1) is 18.3. The van der Waals surface area contributed by atoms with Crippen molar-refractivity contribution in [3.8, 4) is 0 Å². The molecule has 0 aromatic carbocycles. The zero-order valence-corrected chi connectivity index (χ0v) is 24.2. The molecule has 7 rings (SSSR count). The van der Waals surface area contributed by atoms with Gasteiger partial charge in [0.05, 0.1) is 18.6 Å². The van der Waals surface area contributed by atoms with Crippen LogP contribution in [0.25, 0.3) is 0 Å². The summed E-state index contributed by atoms with van der Waals surface area (Å²) in [5, 5.41) is 0. The van der Waals surface area contributed by atoms with Crippen molar-refractivity contribution in [3.05, 3.63) is 0 Å². The lowest BCUT2D eigenvalue weighted by Gasteiger charge is -2.61. The molecule has 0 aromatic heterocycles. The van der Waals surface area contributed by atoms with Crippen LogP contribution >= 0.6 is 0 Å². The van der Waals surface area contributed by atoms with Crippen LogP contribution in [-0.4, -0.2) is 49.2 Å². The van der Waals surface area contributed by atoms with E-state index in [2.05, 4.69) is 18.7 Å². The zero-order chi connectivity index (χ0) is 26.3. The first-order valence-electron chi connectivity index (χ1n) is 16.3. The number of nitrogens with zero attached hydrogens (tertiary/aromatic N) is 1. The van der Waals surface area contributed by atoms with Crippen molar-refractivity contribution in [1.29, 1.82) is 0 Å². The van der Waals surface area contributed by atoms with E-state index in [0.717, 1.165) is 74.3 Å². The van der Waals surface area contributed by atoms with Crippen LogP contribution < -0.4 is 0 Å². The summed E-state index contributed by atoms with van der Waals surface area (Å²) >= 11 is 0. The average Bonchev–Trinajstić information content (AvgIpc) is 3.60. The summed E-state index contributed by atoms with van der Waals surface area (Å²) in [5.74, 6) is 5.81. The van der Waals surface area contributed by atoms with Crippen molar-refractivity contribution in [2.24, 2.45) is 57.7 Å². The Morgan fingerprint density at radius 3 is 2.16 bits per heavy atom. The van der Waals surface area contributed by atoms with E-state index in [0.29, 0.717) is 35.9 Å². The van der Waals surface area contributed by atoms with Crippen LogP contribution in [0, 0.1) is 57.7 Å². The van der Waals surface area contributed by atoms with E-state index in [1.54, 1.807) is 6.92 Å². The second-order valence-electron chi connectivity index (χ2n) is 15.3. The number of carbonyl (C=O) groups excluding carboxylic acids is 2. The smallest absolute Gasteiger partial charge is 0.302 e. The molecule has 5 nitrogen and oxygen atoms in total. The van der Waals surface area contributed by atoms with E-state index < -0.39 is 0 Å².